The smallest absolute Gasteiger partial charge is 0.748 e. The second-order valence-electron chi connectivity index (χ2n) is 7.80. The van der Waals surface area contributed by atoms with Gasteiger partial charge in [0.1, 0.15) is 0 Å². The molecule has 1 N–H and O–H groups in total. The van der Waals surface area contributed by atoms with Gasteiger partial charge in [-0.3, -0.25) is 0 Å². The molecule has 0 aromatic carbocycles. The summed E-state index contributed by atoms with van der Waals surface area (Å²) in [4.78, 5) is 0. The molecule has 0 rings (SSSR count). The number of hydrogen-bond acceptors (Lipinski definition) is 4. The Labute approximate surface area is 211 Å². The van der Waals surface area contributed by atoms with E-state index in [-0.39, 0.29) is 63.2 Å². The monoisotopic (exact) mass is 430 g/mol. The second kappa shape index (κ2) is 22.2. The standard InChI is InChI=1S/C21H44O4S.K/c1-2-3-4-5-6-7-9-12-15-18-21(22)19-16-13-10-8-11-14-17-20-26(23,24)25;/h21-22H,2-20H2,1H3,(H,23,24,25);/q;+1/p-1. The molecule has 0 bridgehead atoms. The van der Waals surface area contributed by atoms with Crippen molar-refractivity contribution < 1.29 is 69.5 Å². The summed E-state index contributed by atoms with van der Waals surface area (Å²) < 4.78 is 31.4. The van der Waals surface area contributed by atoms with Crippen molar-refractivity contribution in [2.24, 2.45) is 0 Å². The molecule has 0 saturated heterocycles. The van der Waals surface area contributed by atoms with Crippen LogP contribution in [0.2, 0.25) is 0 Å². The van der Waals surface area contributed by atoms with Gasteiger partial charge in [-0.05, 0) is 19.3 Å². The fourth-order valence-electron chi connectivity index (χ4n) is 3.38. The molecule has 0 fully saturated rings. The molecule has 0 spiro atoms. The van der Waals surface area contributed by atoms with Crippen molar-refractivity contribution in [3.63, 3.8) is 0 Å². The zero-order chi connectivity index (χ0) is 19.5. The molecule has 0 aliphatic heterocycles. The van der Waals surface area contributed by atoms with Crippen LogP contribution in [0.3, 0.4) is 0 Å². The van der Waals surface area contributed by atoms with E-state index in [1.807, 2.05) is 0 Å². The van der Waals surface area contributed by atoms with E-state index in [2.05, 4.69) is 6.92 Å². The molecule has 0 aromatic rings. The van der Waals surface area contributed by atoms with Gasteiger partial charge < -0.3 is 9.66 Å². The molecule has 0 radical (unpaired) electrons. The van der Waals surface area contributed by atoms with Gasteiger partial charge in [0.2, 0.25) is 0 Å². The molecule has 0 aliphatic rings. The average molecular weight is 431 g/mol. The normalized spacial score (nSPS) is 12.7. The van der Waals surface area contributed by atoms with E-state index in [1.165, 1.54) is 51.4 Å². The molecular weight excluding hydrogens is 387 g/mol. The fraction of sp³-hybridized carbons (Fsp3) is 1.00. The maximum atomic E-state index is 10.5. The number of aliphatic hydroxyl groups is 1. The predicted octanol–water partition coefficient (Wildman–Crippen LogP) is 2.94. The first-order valence-electron chi connectivity index (χ1n) is 11.1. The maximum Gasteiger partial charge on any atom is 1.00 e. The number of rotatable bonds is 20. The minimum absolute atomic E-state index is 0. The average Bonchev–Trinajstić information content (AvgIpc) is 2.58. The van der Waals surface area contributed by atoms with Crippen LogP contribution in [0.5, 0.6) is 0 Å². The van der Waals surface area contributed by atoms with Crippen LogP contribution in [0.4, 0.5) is 0 Å². The first-order chi connectivity index (χ1) is 12.5. The molecule has 0 aromatic heterocycles. The van der Waals surface area contributed by atoms with Gasteiger partial charge in [0.05, 0.1) is 16.2 Å². The van der Waals surface area contributed by atoms with E-state index in [1.54, 1.807) is 0 Å². The van der Waals surface area contributed by atoms with Gasteiger partial charge in [-0.15, -0.1) is 0 Å². The van der Waals surface area contributed by atoms with Gasteiger partial charge in [-0.25, -0.2) is 8.42 Å². The summed E-state index contributed by atoms with van der Waals surface area (Å²) in [5, 5.41) is 10.0. The van der Waals surface area contributed by atoms with Gasteiger partial charge in [0.15, 0.2) is 0 Å². The Hall–Kier alpha value is 1.51. The Morgan fingerprint density at radius 3 is 1.37 bits per heavy atom. The topological polar surface area (TPSA) is 77.4 Å². The molecule has 27 heavy (non-hydrogen) atoms. The Bertz CT molecular complexity index is 388. The van der Waals surface area contributed by atoms with E-state index in [4.69, 9.17) is 0 Å². The van der Waals surface area contributed by atoms with Crippen LogP contribution in [0.15, 0.2) is 0 Å². The second-order valence-corrected chi connectivity index (χ2v) is 9.32. The Balaban J connectivity index is 0. The van der Waals surface area contributed by atoms with E-state index in [0.29, 0.717) is 6.42 Å². The SMILES string of the molecule is CCCCCCCCCCCC(O)CCCCCCCCCS(=O)(=O)[O-].[K+]. The Morgan fingerprint density at radius 1 is 0.667 bits per heavy atom. The van der Waals surface area contributed by atoms with Crippen LogP contribution < -0.4 is 51.4 Å². The van der Waals surface area contributed by atoms with Crippen molar-refractivity contribution in [1.29, 1.82) is 0 Å². The van der Waals surface area contributed by atoms with Crippen molar-refractivity contribution in [2.45, 2.75) is 129 Å². The zero-order valence-electron chi connectivity index (χ0n) is 18.1. The van der Waals surface area contributed by atoms with Gasteiger partial charge in [-0.1, -0.05) is 103 Å². The van der Waals surface area contributed by atoms with Crippen molar-refractivity contribution >= 4 is 10.1 Å². The first kappa shape index (κ1) is 30.7. The van der Waals surface area contributed by atoms with Crippen LogP contribution >= 0.6 is 0 Å². The largest absolute Gasteiger partial charge is 1.00 e. The van der Waals surface area contributed by atoms with Crippen molar-refractivity contribution in [2.75, 3.05) is 5.75 Å². The van der Waals surface area contributed by atoms with E-state index in [0.717, 1.165) is 57.8 Å². The molecule has 4 nitrogen and oxygen atoms in total. The summed E-state index contributed by atoms with van der Waals surface area (Å²) >= 11 is 0. The van der Waals surface area contributed by atoms with Crippen LogP contribution in [-0.4, -0.2) is 29.9 Å². The summed E-state index contributed by atoms with van der Waals surface area (Å²) in [6, 6.07) is 0. The summed E-state index contributed by atoms with van der Waals surface area (Å²) in [5.74, 6) is -0.224. The number of hydrogen-bond donors (Lipinski definition) is 1. The Morgan fingerprint density at radius 2 is 1.00 bits per heavy atom. The number of aliphatic hydroxyl groups excluding tert-OH is 1. The third-order valence-electron chi connectivity index (χ3n) is 5.07. The van der Waals surface area contributed by atoms with Crippen LogP contribution in [0.25, 0.3) is 0 Å². The first-order valence-corrected chi connectivity index (χ1v) is 12.6. The fourth-order valence-corrected chi connectivity index (χ4v) is 3.94. The molecular formula is C21H43KO4S. The van der Waals surface area contributed by atoms with Crippen molar-refractivity contribution in [3.8, 4) is 0 Å². The number of unbranched alkanes of at least 4 members (excludes halogenated alkanes) is 14. The van der Waals surface area contributed by atoms with Gasteiger partial charge >= 0.3 is 51.4 Å². The quantitative estimate of drug-likeness (QED) is 0.183. The molecule has 1 unspecified atom stereocenters. The summed E-state index contributed by atoms with van der Waals surface area (Å²) in [7, 11) is -4.03. The molecule has 158 valence electrons. The molecule has 0 aliphatic carbocycles. The molecule has 0 amide bonds. The zero-order valence-corrected chi connectivity index (χ0v) is 22.0. The summed E-state index contributed by atoms with van der Waals surface area (Å²) in [6.07, 6.45) is 20.3. The maximum absolute atomic E-state index is 10.5. The van der Waals surface area contributed by atoms with Crippen LogP contribution in [0, 0.1) is 0 Å². The van der Waals surface area contributed by atoms with Gasteiger partial charge in [-0.2, -0.15) is 0 Å². The Kier molecular flexibility index (Phi) is 25.2. The van der Waals surface area contributed by atoms with E-state index >= 15 is 0 Å². The molecule has 0 saturated carbocycles. The summed E-state index contributed by atoms with van der Waals surface area (Å²) in [5.41, 5.74) is 0. The van der Waals surface area contributed by atoms with Gasteiger partial charge in [0, 0.05) is 5.75 Å². The third kappa shape index (κ3) is 27.5. The van der Waals surface area contributed by atoms with Crippen LogP contribution in [0.1, 0.15) is 122 Å². The third-order valence-corrected chi connectivity index (χ3v) is 5.86. The molecule has 1 atom stereocenters. The van der Waals surface area contributed by atoms with Crippen molar-refractivity contribution in [1.82, 2.24) is 0 Å². The van der Waals surface area contributed by atoms with Crippen molar-refractivity contribution in [3.05, 3.63) is 0 Å². The minimum atomic E-state index is -4.03. The van der Waals surface area contributed by atoms with Gasteiger partial charge in [0.25, 0.3) is 0 Å². The minimum Gasteiger partial charge on any atom is -0.748 e. The predicted molar refractivity (Wildman–Crippen MR) is 109 cm³/mol. The van der Waals surface area contributed by atoms with E-state index < -0.39 is 10.1 Å². The molecule has 0 heterocycles. The molecule has 6 heteroatoms. The summed E-state index contributed by atoms with van der Waals surface area (Å²) in [6.45, 7) is 2.25. The van der Waals surface area contributed by atoms with Crippen LogP contribution in [-0.2, 0) is 10.1 Å². The van der Waals surface area contributed by atoms with E-state index in [9.17, 15) is 18.1 Å².